The number of hydrogen-bond acceptors (Lipinski definition) is 2. The van der Waals surface area contributed by atoms with Crippen LogP contribution in [0.3, 0.4) is 0 Å². The monoisotopic (exact) mass is 275 g/mol. The first kappa shape index (κ1) is 12.8. The number of aryl methyl sites for hydroxylation is 1. The molecule has 18 heavy (non-hydrogen) atoms. The molecule has 0 fully saturated rings. The molecular formula is C11H9ClF3N3. The third-order valence-electron chi connectivity index (χ3n) is 2.37. The molecular weight excluding hydrogens is 267 g/mol. The molecule has 2 aromatic rings. The topological polar surface area (TPSA) is 40.7 Å². The molecule has 0 unspecified atom stereocenters. The van der Waals surface area contributed by atoms with Crippen LogP contribution in [0.4, 0.5) is 24.7 Å². The van der Waals surface area contributed by atoms with Gasteiger partial charge in [-0.25, -0.2) is 0 Å². The number of H-pyrrole nitrogens is 1. The van der Waals surface area contributed by atoms with Crippen molar-refractivity contribution in [3.05, 3.63) is 40.5 Å². The number of halogens is 4. The van der Waals surface area contributed by atoms with E-state index in [-0.39, 0.29) is 5.02 Å². The lowest BCUT2D eigenvalue weighted by molar-refractivity contribution is -0.137. The maximum Gasteiger partial charge on any atom is 0.417 e. The minimum atomic E-state index is -4.47. The highest BCUT2D eigenvalue weighted by Gasteiger charge is 2.33. The fourth-order valence-electron chi connectivity index (χ4n) is 1.44. The summed E-state index contributed by atoms with van der Waals surface area (Å²) in [6, 6.07) is 3.64. The van der Waals surface area contributed by atoms with E-state index in [9.17, 15) is 13.2 Å². The van der Waals surface area contributed by atoms with Crippen molar-refractivity contribution < 1.29 is 13.2 Å². The summed E-state index contributed by atoms with van der Waals surface area (Å²) in [5.41, 5.74) is 0.226. The highest BCUT2D eigenvalue weighted by atomic mass is 35.5. The molecule has 0 spiro atoms. The molecule has 0 aliphatic rings. The molecule has 0 amide bonds. The maximum atomic E-state index is 12.7. The second-order valence-corrected chi connectivity index (χ2v) is 4.15. The van der Waals surface area contributed by atoms with Gasteiger partial charge in [0.2, 0.25) is 0 Å². The maximum absolute atomic E-state index is 12.7. The number of nitrogens with zero attached hydrogens (tertiary/aromatic N) is 1. The van der Waals surface area contributed by atoms with E-state index in [2.05, 4.69) is 15.5 Å². The Balaban J connectivity index is 2.33. The standard InChI is InChI=1S/C11H9ClF3N3/c1-6-5-16-18-10(6)17-7-2-3-9(12)8(4-7)11(13,14)15/h2-5H,1H3,(H2,16,17,18). The smallest absolute Gasteiger partial charge is 0.340 e. The molecule has 0 radical (unpaired) electrons. The Kier molecular flexibility index (Phi) is 3.21. The third-order valence-corrected chi connectivity index (χ3v) is 2.70. The SMILES string of the molecule is Cc1cn[nH]c1Nc1ccc(Cl)c(C(F)(F)F)c1. The molecule has 7 heteroatoms. The minimum absolute atomic E-state index is 0.291. The van der Waals surface area contributed by atoms with Gasteiger partial charge in [0.1, 0.15) is 5.82 Å². The molecule has 2 N–H and O–H groups in total. The fraction of sp³-hybridized carbons (Fsp3) is 0.182. The lowest BCUT2D eigenvalue weighted by Gasteiger charge is -2.11. The van der Waals surface area contributed by atoms with Gasteiger partial charge >= 0.3 is 6.18 Å². The van der Waals surface area contributed by atoms with Gasteiger partial charge in [0.25, 0.3) is 0 Å². The van der Waals surface area contributed by atoms with Crippen LogP contribution in [0.5, 0.6) is 0 Å². The molecule has 0 atom stereocenters. The van der Waals surface area contributed by atoms with E-state index in [0.717, 1.165) is 11.6 Å². The van der Waals surface area contributed by atoms with E-state index < -0.39 is 11.7 Å². The van der Waals surface area contributed by atoms with Crippen LogP contribution >= 0.6 is 11.6 Å². The Morgan fingerprint density at radius 2 is 2.06 bits per heavy atom. The molecule has 0 aliphatic heterocycles. The average Bonchev–Trinajstić information content (AvgIpc) is 2.66. The van der Waals surface area contributed by atoms with E-state index in [4.69, 9.17) is 11.6 Å². The summed E-state index contributed by atoms with van der Waals surface area (Å²) in [7, 11) is 0. The van der Waals surface area contributed by atoms with Gasteiger partial charge < -0.3 is 5.32 Å². The van der Waals surface area contributed by atoms with Gasteiger partial charge in [0.15, 0.2) is 0 Å². The lowest BCUT2D eigenvalue weighted by atomic mass is 10.2. The molecule has 3 nitrogen and oxygen atoms in total. The normalized spacial score (nSPS) is 11.6. The van der Waals surface area contributed by atoms with Gasteiger partial charge in [-0.05, 0) is 25.1 Å². The van der Waals surface area contributed by atoms with Crippen LogP contribution in [-0.4, -0.2) is 10.2 Å². The van der Waals surface area contributed by atoms with Gasteiger partial charge in [0.05, 0.1) is 16.8 Å². The first-order valence-electron chi connectivity index (χ1n) is 5.01. The van der Waals surface area contributed by atoms with Gasteiger partial charge in [-0.3, -0.25) is 5.10 Å². The Hall–Kier alpha value is -1.69. The molecule has 96 valence electrons. The van der Waals surface area contributed by atoms with Crippen molar-refractivity contribution in [1.29, 1.82) is 0 Å². The number of benzene rings is 1. The van der Waals surface area contributed by atoms with Crippen LogP contribution in [-0.2, 0) is 6.18 Å². The van der Waals surface area contributed by atoms with E-state index in [0.29, 0.717) is 11.5 Å². The summed E-state index contributed by atoms with van der Waals surface area (Å²) in [5.74, 6) is 0.547. The number of alkyl halides is 3. The van der Waals surface area contributed by atoms with E-state index in [1.807, 2.05) is 0 Å². The van der Waals surface area contributed by atoms with E-state index in [1.165, 1.54) is 12.1 Å². The van der Waals surface area contributed by atoms with Crippen LogP contribution in [0.2, 0.25) is 5.02 Å². The van der Waals surface area contributed by atoms with Crippen LogP contribution in [0.15, 0.2) is 24.4 Å². The lowest BCUT2D eigenvalue weighted by Crippen LogP contribution is -2.06. The summed E-state index contributed by atoms with van der Waals surface area (Å²) < 4.78 is 38.0. The first-order chi connectivity index (χ1) is 8.38. The second-order valence-electron chi connectivity index (χ2n) is 3.75. The van der Waals surface area contributed by atoms with Gasteiger partial charge in [-0.1, -0.05) is 11.6 Å². The van der Waals surface area contributed by atoms with Crippen molar-refractivity contribution in [2.24, 2.45) is 0 Å². The Labute approximate surface area is 106 Å². The summed E-state index contributed by atoms with van der Waals surface area (Å²) in [4.78, 5) is 0. The number of hydrogen-bond donors (Lipinski definition) is 2. The summed E-state index contributed by atoms with van der Waals surface area (Å²) in [5, 5.41) is 8.91. The Morgan fingerprint density at radius 3 is 2.61 bits per heavy atom. The predicted molar refractivity (Wildman–Crippen MR) is 63.1 cm³/mol. The zero-order chi connectivity index (χ0) is 13.3. The molecule has 2 rings (SSSR count). The molecule has 1 aromatic heterocycles. The average molecular weight is 276 g/mol. The molecule has 0 aliphatic carbocycles. The Bertz CT molecular complexity index is 563. The molecule has 0 saturated carbocycles. The summed E-state index contributed by atoms with van der Waals surface area (Å²) >= 11 is 5.53. The van der Waals surface area contributed by atoms with Gasteiger partial charge in [-0.15, -0.1) is 0 Å². The minimum Gasteiger partial charge on any atom is -0.340 e. The number of aromatic nitrogens is 2. The van der Waals surface area contributed by atoms with Crippen molar-refractivity contribution >= 4 is 23.1 Å². The summed E-state index contributed by atoms with van der Waals surface area (Å²) in [6.45, 7) is 1.78. The molecule has 1 heterocycles. The Morgan fingerprint density at radius 1 is 1.33 bits per heavy atom. The quantitative estimate of drug-likeness (QED) is 0.865. The highest BCUT2D eigenvalue weighted by Crippen LogP contribution is 2.36. The second kappa shape index (κ2) is 4.53. The zero-order valence-electron chi connectivity index (χ0n) is 9.27. The van der Waals surface area contributed by atoms with Crippen LogP contribution < -0.4 is 5.32 Å². The molecule has 1 aromatic carbocycles. The summed E-state index contributed by atoms with van der Waals surface area (Å²) in [6.07, 6.45) is -2.90. The fourth-order valence-corrected chi connectivity index (χ4v) is 1.66. The number of anilines is 2. The van der Waals surface area contributed by atoms with Crippen LogP contribution in [0.25, 0.3) is 0 Å². The zero-order valence-corrected chi connectivity index (χ0v) is 10.0. The van der Waals surface area contributed by atoms with Crippen LogP contribution in [0, 0.1) is 6.92 Å². The molecule has 0 saturated heterocycles. The first-order valence-corrected chi connectivity index (χ1v) is 5.39. The number of aromatic amines is 1. The largest absolute Gasteiger partial charge is 0.417 e. The number of rotatable bonds is 2. The number of nitrogens with one attached hydrogen (secondary N) is 2. The van der Waals surface area contributed by atoms with E-state index >= 15 is 0 Å². The van der Waals surface area contributed by atoms with Crippen LogP contribution in [0.1, 0.15) is 11.1 Å². The van der Waals surface area contributed by atoms with E-state index in [1.54, 1.807) is 13.1 Å². The van der Waals surface area contributed by atoms with Crippen molar-refractivity contribution in [2.45, 2.75) is 13.1 Å². The predicted octanol–water partition coefficient (Wildman–Crippen LogP) is 4.13. The van der Waals surface area contributed by atoms with Crippen molar-refractivity contribution in [3.63, 3.8) is 0 Å². The van der Waals surface area contributed by atoms with Crippen molar-refractivity contribution in [3.8, 4) is 0 Å². The molecule has 0 bridgehead atoms. The highest BCUT2D eigenvalue weighted by molar-refractivity contribution is 6.31. The van der Waals surface area contributed by atoms with Crippen molar-refractivity contribution in [2.75, 3.05) is 5.32 Å². The third kappa shape index (κ3) is 2.59. The van der Waals surface area contributed by atoms with Crippen molar-refractivity contribution in [1.82, 2.24) is 10.2 Å². The van der Waals surface area contributed by atoms with Gasteiger partial charge in [0, 0.05) is 11.3 Å². The van der Waals surface area contributed by atoms with Gasteiger partial charge in [-0.2, -0.15) is 18.3 Å².